The lowest BCUT2D eigenvalue weighted by atomic mass is 9.99. The van der Waals surface area contributed by atoms with E-state index in [1.54, 1.807) is 0 Å². The number of hydrogen-bond donors (Lipinski definition) is 0. The van der Waals surface area contributed by atoms with E-state index in [0.717, 1.165) is 44.4 Å². The first kappa shape index (κ1) is 25.1. The molecule has 204 valence electrons. The summed E-state index contributed by atoms with van der Waals surface area (Å²) in [6.07, 6.45) is 0. The van der Waals surface area contributed by atoms with Crippen LogP contribution in [0, 0.1) is 6.92 Å². The van der Waals surface area contributed by atoms with Gasteiger partial charge in [0.2, 0.25) is 0 Å². The molecule has 1 heterocycles. The minimum atomic E-state index is 0.919. The van der Waals surface area contributed by atoms with Crippen LogP contribution in [0.4, 0.5) is 17.1 Å². The molecular weight excluding hydrogens is 522 g/mol. The lowest BCUT2D eigenvalue weighted by Crippen LogP contribution is -2.10. The van der Waals surface area contributed by atoms with Gasteiger partial charge in [-0.3, -0.25) is 0 Å². The molecule has 0 atom stereocenters. The van der Waals surface area contributed by atoms with E-state index in [4.69, 9.17) is 4.42 Å². The molecule has 0 saturated carbocycles. The third-order valence-corrected chi connectivity index (χ3v) is 8.37. The number of rotatable bonds is 5. The minimum Gasteiger partial charge on any atom is -0.455 e. The molecule has 0 saturated heterocycles. The average molecular weight is 552 g/mol. The summed E-state index contributed by atoms with van der Waals surface area (Å²) in [5.74, 6) is 0. The Labute approximate surface area is 251 Å². The van der Waals surface area contributed by atoms with E-state index < -0.39 is 0 Å². The summed E-state index contributed by atoms with van der Waals surface area (Å²) in [7, 11) is 0. The highest BCUT2D eigenvalue weighted by Crippen LogP contribution is 2.45. The Balaban J connectivity index is 1.40. The monoisotopic (exact) mass is 551 g/mol. The standard InChI is InChI=1S/C41H29NO/c1-28-12-10-21-39-40(28)37-27-38(35-19-8-9-20-36(35)41(37)43-39)42(33-24-22-31(23-25-33)29-13-4-2-5-14-29)34-18-11-17-32(26-34)30-15-6-3-7-16-30/h2-27H,1H3. The summed E-state index contributed by atoms with van der Waals surface area (Å²) in [6, 6.07) is 56.1. The Morgan fingerprint density at radius 2 is 1.05 bits per heavy atom. The number of fused-ring (bicyclic) bond motifs is 5. The molecule has 43 heavy (non-hydrogen) atoms. The Hall–Kier alpha value is -5.60. The largest absolute Gasteiger partial charge is 0.455 e. The van der Waals surface area contributed by atoms with Crippen LogP contribution >= 0.6 is 0 Å². The van der Waals surface area contributed by atoms with Crippen LogP contribution in [0.25, 0.3) is 55.0 Å². The van der Waals surface area contributed by atoms with Gasteiger partial charge >= 0.3 is 0 Å². The predicted molar refractivity (Wildman–Crippen MR) is 182 cm³/mol. The fourth-order valence-electron chi connectivity index (χ4n) is 6.31. The second-order valence-corrected chi connectivity index (χ2v) is 11.0. The summed E-state index contributed by atoms with van der Waals surface area (Å²) in [5, 5.41) is 4.55. The van der Waals surface area contributed by atoms with Crippen molar-refractivity contribution in [2.24, 2.45) is 0 Å². The molecule has 0 aliphatic carbocycles. The summed E-state index contributed by atoms with van der Waals surface area (Å²) >= 11 is 0. The highest BCUT2D eigenvalue weighted by atomic mass is 16.3. The normalized spacial score (nSPS) is 11.4. The number of nitrogens with zero attached hydrogens (tertiary/aromatic N) is 1. The summed E-state index contributed by atoms with van der Waals surface area (Å²) in [5.41, 5.74) is 11.1. The van der Waals surface area contributed by atoms with Crippen LogP contribution < -0.4 is 4.90 Å². The quantitative estimate of drug-likeness (QED) is 0.211. The van der Waals surface area contributed by atoms with Crippen molar-refractivity contribution in [2.45, 2.75) is 6.92 Å². The van der Waals surface area contributed by atoms with Gasteiger partial charge in [-0.2, -0.15) is 0 Å². The van der Waals surface area contributed by atoms with Gasteiger partial charge in [0.15, 0.2) is 0 Å². The maximum Gasteiger partial charge on any atom is 0.143 e. The zero-order valence-electron chi connectivity index (χ0n) is 23.9. The second-order valence-electron chi connectivity index (χ2n) is 11.0. The Morgan fingerprint density at radius 1 is 0.442 bits per heavy atom. The third-order valence-electron chi connectivity index (χ3n) is 8.37. The van der Waals surface area contributed by atoms with E-state index in [1.165, 1.54) is 33.2 Å². The van der Waals surface area contributed by atoms with Crippen molar-refractivity contribution in [3.8, 4) is 22.3 Å². The van der Waals surface area contributed by atoms with E-state index in [0.29, 0.717) is 0 Å². The topological polar surface area (TPSA) is 16.4 Å². The maximum atomic E-state index is 6.52. The second kappa shape index (κ2) is 10.3. The molecule has 0 aliphatic rings. The lowest BCUT2D eigenvalue weighted by molar-refractivity contribution is 0.672. The fourth-order valence-corrected chi connectivity index (χ4v) is 6.31. The highest BCUT2D eigenvalue weighted by molar-refractivity contribution is 6.20. The number of aryl methyl sites for hydroxylation is 1. The summed E-state index contributed by atoms with van der Waals surface area (Å²) in [4.78, 5) is 2.39. The van der Waals surface area contributed by atoms with Crippen LogP contribution in [0.1, 0.15) is 5.56 Å². The number of furan rings is 1. The van der Waals surface area contributed by atoms with Crippen LogP contribution in [-0.2, 0) is 0 Å². The molecule has 0 amide bonds. The average Bonchev–Trinajstić information content (AvgIpc) is 3.46. The van der Waals surface area contributed by atoms with Gasteiger partial charge in [0.05, 0.1) is 5.69 Å². The number of benzene rings is 7. The van der Waals surface area contributed by atoms with Gasteiger partial charge in [0.1, 0.15) is 11.2 Å². The number of hydrogen-bond acceptors (Lipinski definition) is 2. The zero-order valence-corrected chi connectivity index (χ0v) is 23.9. The van der Waals surface area contributed by atoms with Crippen LogP contribution in [0.2, 0.25) is 0 Å². The molecule has 8 aromatic rings. The molecular formula is C41H29NO. The molecule has 0 unspecified atom stereocenters. The molecule has 2 heteroatoms. The van der Waals surface area contributed by atoms with E-state index >= 15 is 0 Å². The van der Waals surface area contributed by atoms with E-state index in [-0.39, 0.29) is 0 Å². The van der Waals surface area contributed by atoms with Crippen LogP contribution in [0.15, 0.2) is 162 Å². The molecule has 0 N–H and O–H groups in total. The van der Waals surface area contributed by atoms with Gasteiger partial charge in [-0.15, -0.1) is 0 Å². The Kier molecular flexibility index (Phi) is 6.05. The summed E-state index contributed by atoms with van der Waals surface area (Å²) in [6.45, 7) is 2.16. The third kappa shape index (κ3) is 4.36. The van der Waals surface area contributed by atoms with Crippen molar-refractivity contribution >= 4 is 49.8 Å². The molecule has 0 bridgehead atoms. The van der Waals surface area contributed by atoms with Crippen molar-refractivity contribution in [3.63, 3.8) is 0 Å². The molecule has 0 radical (unpaired) electrons. The van der Waals surface area contributed by atoms with Gasteiger partial charge in [-0.05, 0) is 71.1 Å². The van der Waals surface area contributed by atoms with Crippen molar-refractivity contribution in [2.75, 3.05) is 4.90 Å². The van der Waals surface area contributed by atoms with Crippen molar-refractivity contribution < 1.29 is 4.42 Å². The molecule has 8 rings (SSSR count). The van der Waals surface area contributed by atoms with Gasteiger partial charge < -0.3 is 9.32 Å². The molecule has 7 aromatic carbocycles. The van der Waals surface area contributed by atoms with Crippen molar-refractivity contribution in [3.05, 3.63) is 163 Å². The first-order valence-electron chi connectivity index (χ1n) is 14.7. The lowest BCUT2D eigenvalue weighted by Gasteiger charge is -2.28. The first-order valence-corrected chi connectivity index (χ1v) is 14.7. The highest BCUT2D eigenvalue weighted by Gasteiger charge is 2.21. The molecule has 0 aliphatic heterocycles. The van der Waals surface area contributed by atoms with Crippen LogP contribution in [0.5, 0.6) is 0 Å². The molecule has 2 nitrogen and oxygen atoms in total. The van der Waals surface area contributed by atoms with Gasteiger partial charge in [-0.1, -0.05) is 121 Å². The molecule has 1 aromatic heterocycles. The first-order chi connectivity index (χ1) is 21.2. The fraction of sp³-hybridized carbons (Fsp3) is 0.0244. The maximum absolute atomic E-state index is 6.52. The SMILES string of the molecule is Cc1cccc2oc3c4ccccc4c(N(c4ccc(-c5ccccc5)cc4)c4cccc(-c5ccccc5)c4)cc3c12. The molecule has 0 spiro atoms. The molecule has 0 fully saturated rings. The summed E-state index contributed by atoms with van der Waals surface area (Å²) < 4.78 is 6.52. The van der Waals surface area contributed by atoms with Crippen molar-refractivity contribution in [1.29, 1.82) is 0 Å². The van der Waals surface area contributed by atoms with Crippen LogP contribution in [0.3, 0.4) is 0 Å². The minimum absolute atomic E-state index is 0.919. The van der Waals surface area contributed by atoms with E-state index in [1.807, 2.05) is 0 Å². The van der Waals surface area contributed by atoms with Crippen molar-refractivity contribution in [1.82, 2.24) is 0 Å². The Morgan fingerprint density at radius 3 is 1.79 bits per heavy atom. The van der Waals surface area contributed by atoms with Gasteiger partial charge in [-0.25, -0.2) is 0 Å². The Bertz CT molecular complexity index is 2230. The van der Waals surface area contributed by atoms with Crippen LogP contribution in [-0.4, -0.2) is 0 Å². The van der Waals surface area contributed by atoms with Gasteiger partial charge in [0, 0.05) is 32.9 Å². The number of anilines is 3. The van der Waals surface area contributed by atoms with E-state index in [2.05, 4.69) is 170 Å². The zero-order chi connectivity index (χ0) is 28.8. The smallest absolute Gasteiger partial charge is 0.143 e. The van der Waals surface area contributed by atoms with E-state index in [9.17, 15) is 0 Å². The van der Waals surface area contributed by atoms with Gasteiger partial charge in [0.25, 0.3) is 0 Å². The predicted octanol–water partition coefficient (Wildman–Crippen LogP) is 11.9.